The summed E-state index contributed by atoms with van der Waals surface area (Å²) >= 11 is 0. The van der Waals surface area contributed by atoms with Crippen LogP contribution in [0.25, 0.3) is 0 Å². The molecule has 6 aliphatic rings. The first-order valence-electron chi connectivity index (χ1n) is 20.8. The zero-order chi connectivity index (χ0) is 43.8. The van der Waals surface area contributed by atoms with Gasteiger partial charge in [-0.2, -0.15) is 0 Å². The van der Waals surface area contributed by atoms with Gasteiger partial charge in [0.2, 0.25) is 11.9 Å². The maximum atomic E-state index is 14.0. The number of esters is 3. The number of rotatable bonds is 12. The second-order valence-corrected chi connectivity index (χ2v) is 18.9. The minimum absolute atomic E-state index is 0.0291. The highest BCUT2D eigenvalue weighted by Crippen LogP contribution is 2.85. The van der Waals surface area contributed by atoms with E-state index in [1.165, 1.54) is 6.92 Å². The maximum absolute atomic E-state index is 14.0. The minimum atomic E-state index is -2.04. The van der Waals surface area contributed by atoms with Gasteiger partial charge in [-0.15, -0.1) is 0 Å². The molecule has 4 saturated heterocycles. The number of ketones is 1. The van der Waals surface area contributed by atoms with Crippen LogP contribution < -0.4 is 5.32 Å². The fourth-order valence-corrected chi connectivity index (χ4v) is 11.1. The Hall–Kier alpha value is -4.85. The summed E-state index contributed by atoms with van der Waals surface area (Å²) in [6.45, 7) is 14.5. The number of carbonyl (C=O) groups is 5. The third-order valence-electron chi connectivity index (χ3n) is 13.4. The summed E-state index contributed by atoms with van der Waals surface area (Å²) in [6, 6.07) is 13.8. The predicted octanol–water partition coefficient (Wildman–Crippen LogP) is 4.02. The van der Waals surface area contributed by atoms with Crippen LogP contribution in [0.15, 0.2) is 48.5 Å². The molecule has 2 N–H and O–H groups in total. The topological polar surface area (TPSA) is 191 Å². The Labute approximate surface area is 354 Å². The maximum Gasteiger partial charge on any atom is 0.407 e. The van der Waals surface area contributed by atoms with Gasteiger partial charge < -0.3 is 48.3 Å². The molecular weight excluding hydrogens is 790 g/mol. The Morgan fingerprint density at radius 1 is 0.869 bits per heavy atom. The monoisotopic (exact) mass is 843 g/mol. The SMILES string of the molecule is C[C@@H]1C(=O)O[C@H]2C[C@]34[C@@H]5C[C@@H](C(C)(C)C)[C@@]36[C@H](OC(=O)[C@@H]6OCc3ccc(C(=O)c6ccc(C#CCOCCOCCNC(=O)OC(C)(C)C)cc6)cc3)O[C@]4(C(=O)O5)[C@]21O. The van der Waals surface area contributed by atoms with E-state index in [4.69, 9.17) is 37.9 Å². The molecule has 2 saturated carbocycles. The molecule has 2 aliphatic carbocycles. The summed E-state index contributed by atoms with van der Waals surface area (Å²) in [7, 11) is 0. The van der Waals surface area contributed by atoms with Crippen LogP contribution in [0, 0.1) is 39.9 Å². The summed E-state index contributed by atoms with van der Waals surface area (Å²) in [6.07, 6.45) is -4.28. The number of carbonyl (C=O) groups excluding carboxylic acids is 5. The second kappa shape index (κ2) is 15.2. The van der Waals surface area contributed by atoms with Crippen molar-refractivity contribution in [2.45, 2.75) is 109 Å². The number of benzene rings is 2. The van der Waals surface area contributed by atoms with E-state index in [9.17, 15) is 29.1 Å². The van der Waals surface area contributed by atoms with Gasteiger partial charge in [0.25, 0.3) is 0 Å². The molecule has 15 nitrogen and oxygen atoms in total. The summed E-state index contributed by atoms with van der Waals surface area (Å²) in [5.41, 5.74) is -5.26. The lowest BCUT2D eigenvalue weighted by Crippen LogP contribution is -2.66. The molecule has 10 atom stereocenters. The van der Waals surface area contributed by atoms with Crippen molar-refractivity contribution in [1.82, 2.24) is 5.32 Å². The summed E-state index contributed by atoms with van der Waals surface area (Å²) < 4.78 is 47.0. The first-order valence-corrected chi connectivity index (χ1v) is 20.8. The van der Waals surface area contributed by atoms with Gasteiger partial charge in [-0.05, 0) is 75.3 Å². The summed E-state index contributed by atoms with van der Waals surface area (Å²) in [5, 5.41) is 15.0. The fourth-order valence-electron chi connectivity index (χ4n) is 11.1. The van der Waals surface area contributed by atoms with Gasteiger partial charge in [-0.3, -0.25) is 9.59 Å². The van der Waals surface area contributed by atoms with E-state index in [0.29, 0.717) is 49.5 Å². The zero-order valence-corrected chi connectivity index (χ0v) is 35.5. The van der Waals surface area contributed by atoms with Crippen LogP contribution in [0.5, 0.6) is 0 Å². The van der Waals surface area contributed by atoms with Crippen LogP contribution >= 0.6 is 0 Å². The van der Waals surface area contributed by atoms with Crippen molar-refractivity contribution >= 4 is 29.8 Å². The van der Waals surface area contributed by atoms with Gasteiger partial charge in [0, 0.05) is 29.7 Å². The molecular formula is C46H53NO14. The number of nitrogens with one attached hydrogen (secondary N) is 1. The smallest absolute Gasteiger partial charge is 0.407 e. The number of amides is 1. The molecule has 2 aromatic rings. The van der Waals surface area contributed by atoms with Crippen molar-refractivity contribution in [3.63, 3.8) is 0 Å². The van der Waals surface area contributed by atoms with Crippen LogP contribution in [0.2, 0.25) is 0 Å². The highest BCUT2D eigenvalue weighted by atomic mass is 16.8. The predicted molar refractivity (Wildman–Crippen MR) is 212 cm³/mol. The molecule has 0 bridgehead atoms. The molecule has 2 spiro atoms. The summed E-state index contributed by atoms with van der Waals surface area (Å²) in [5.74, 6) is 2.31. The molecule has 8 rings (SSSR count). The highest BCUT2D eigenvalue weighted by molar-refractivity contribution is 6.09. The van der Waals surface area contributed by atoms with Crippen LogP contribution in [0.4, 0.5) is 4.79 Å². The second-order valence-electron chi connectivity index (χ2n) is 18.9. The van der Waals surface area contributed by atoms with E-state index in [-0.39, 0.29) is 31.3 Å². The molecule has 61 heavy (non-hydrogen) atoms. The van der Waals surface area contributed by atoms with Crippen LogP contribution in [0.1, 0.15) is 88.4 Å². The van der Waals surface area contributed by atoms with Gasteiger partial charge in [0.15, 0.2) is 17.5 Å². The molecule has 1 amide bonds. The third kappa shape index (κ3) is 6.47. The molecule has 15 heteroatoms. The number of fused-ring (bicyclic) bond motifs is 1. The lowest BCUT2D eigenvalue weighted by Gasteiger charge is -2.47. The Morgan fingerprint density at radius 3 is 2.21 bits per heavy atom. The number of hydrogen-bond acceptors (Lipinski definition) is 14. The van der Waals surface area contributed by atoms with Crippen molar-refractivity contribution in [2.75, 3.05) is 33.0 Å². The van der Waals surface area contributed by atoms with Crippen molar-refractivity contribution in [1.29, 1.82) is 0 Å². The largest absolute Gasteiger partial charge is 0.459 e. The molecule has 6 fully saturated rings. The number of aliphatic hydroxyl groups is 1. The van der Waals surface area contributed by atoms with Crippen LogP contribution in [0.3, 0.4) is 0 Å². The Balaban J connectivity index is 0.884. The number of hydrogen-bond donors (Lipinski definition) is 2. The lowest BCUT2D eigenvalue weighted by atomic mass is 9.51. The molecule has 0 unspecified atom stereocenters. The standard InChI is InChI=1S/C46H53NO14/c1-26-36(49)57-33-24-43-32-23-31(41(2,3)4)44(43)35(37(50)59-39(44)60-46(43,38(51)58-32)45(26,33)53)56-25-28-12-16-30(17-13-28)34(48)29-14-10-27(11-15-29)9-8-19-54-21-22-55-20-18-47-40(52)61-42(5,6)7/h10-17,26,31-33,35,39,53H,18-25H2,1-7H3,(H,47,52)/t26-,31+,32+,33+,35+,39-,43+,44-,45-,46+/m1/s1. The van der Waals surface area contributed by atoms with Crippen LogP contribution in [-0.2, 0) is 58.9 Å². The summed E-state index contributed by atoms with van der Waals surface area (Å²) in [4.78, 5) is 65.8. The van der Waals surface area contributed by atoms with Crippen LogP contribution in [-0.4, -0.2) is 109 Å². The lowest BCUT2D eigenvalue weighted by molar-refractivity contribution is -0.238. The van der Waals surface area contributed by atoms with E-state index in [0.717, 1.165) is 5.56 Å². The normalized spacial score (nSPS) is 34.1. The van der Waals surface area contributed by atoms with Crippen molar-refractivity contribution in [3.05, 3.63) is 70.8 Å². The highest BCUT2D eigenvalue weighted by Gasteiger charge is 3.01. The molecule has 4 aliphatic heterocycles. The van der Waals surface area contributed by atoms with E-state index in [1.54, 1.807) is 69.3 Å². The quantitative estimate of drug-likeness (QED) is 0.102. The first-order chi connectivity index (χ1) is 28.8. The Bertz CT molecular complexity index is 2160. The van der Waals surface area contributed by atoms with E-state index in [1.807, 2.05) is 20.8 Å². The van der Waals surface area contributed by atoms with Gasteiger partial charge in [0.1, 0.15) is 24.4 Å². The van der Waals surface area contributed by atoms with Crippen molar-refractivity contribution in [3.8, 4) is 11.8 Å². The average molecular weight is 844 g/mol. The average Bonchev–Trinajstić information content (AvgIpc) is 3.92. The Kier molecular flexibility index (Phi) is 10.7. The molecule has 326 valence electrons. The number of alkyl carbamates (subject to hydrolysis) is 1. The van der Waals surface area contributed by atoms with E-state index < -0.39 is 87.6 Å². The van der Waals surface area contributed by atoms with Crippen molar-refractivity contribution < 1.29 is 67.0 Å². The Morgan fingerprint density at radius 2 is 1.54 bits per heavy atom. The third-order valence-corrected chi connectivity index (χ3v) is 13.4. The first kappa shape index (κ1) is 42.8. The van der Waals surface area contributed by atoms with Gasteiger partial charge >= 0.3 is 24.0 Å². The van der Waals surface area contributed by atoms with Gasteiger partial charge in [0.05, 0.1) is 43.2 Å². The molecule has 2 aromatic carbocycles. The van der Waals surface area contributed by atoms with Crippen molar-refractivity contribution in [2.24, 2.45) is 28.1 Å². The molecule has 0 aromatic heterocycles. The number of ether oxygens (including phenoxy) is 8. The molecule has 4 heterocycles. The van der Waals surface area contributed by atoms with E-state index >= 15 is 0 Å². The molecule has 0 radical (unpaired) electrons. The van der Waals surface area contributed by atoms with E-state index in [2.05, 4.69) is 17.2 Å². The van der Waals surface area contributed by atoms with Gasteiger partial charge in [-0.25, -0.2) is 14.4 Å². The fraction of sp³-hybridized carbons (Fsp3) is 0.587. The van der Waals surface area contributed by atoms with Gasteiger partial charge in [-0.1, -0.05) is 56.9 Å². The zero-order valence-electron chi connectivity index (χ0n) is 35.5. The minimum Gasteiger partial charge on any atom is -0.459 e.